The van der Waals surface area contributed by atoms with Crippen LogP contribution < -0.4 is 10.2 Å². The number of carbonyl (C=O) groups is 2. The molecule has 456 valence electrons. The fourth-order valence-electron chi connectivity index (χ4n) is 9.57. The Hall–Kier alpha value is -2.29. The summed E-state index contributed by atoms with van der Waals surface area (Å²) in [5, 5.41) is 3.03. The lowest BCUT2D eigenvalue weighted by atomic mass is 10.0. The number of hydrogen-bond acceptors (Lipinski definition) is 7. The highest BCUT2D eigenvalue weighted by Gasteiger charge is 2.27. The van der Waals surface area contributed by atoms with Gasteiger partial charge in [0.05, 0.1) is 33.8 Å². The molecule has 0 aliphatic heterocycles. The first-order chi connectivity index (χ1) is 37.9. The summed E-state index contributed by atoms with van der Waals surface area (Å²) in [4.78, 5) is 40.0. The first-order valence-corrected chi connectivity index (χ1v) is 34.6. The Kier molecular flexibility index (Phi) is 56.2. The number of quaternary nitrogens is 1. The van der Waals surface area contributed by atoms with Crippen LogP contribution >= 0.6 is 7.82 Å². The van der Waals surface area contributed by atoms with E-state index in [4.69, 9.17) is 13.8 Å². The number of esters is 1. The highest BCUT2D eigenvalue weighted by atomic mass is 31.2. The van der Waals surface area contributed by atoms with Crippen molar-refractivity contribution < 1.29 is 37.3 Å². The lowest BCUT2D eigenvalue weighted by molar-refractivity contribution is -0.870. The van der Waals surface area contributed by atoms with Gasteiger partial charge in [-0.1, -0.05) is 281 Å². The Bertz CT molecular complexity index is 1520. The molecular formula is C68H127N2O7P. The maximum absolute atomic E-state index is 13.5. The van der Waals surface area contributed by atoms with Crippen molar-refractivity contribution in [1.29, 1.82) is 0 Å². The zero-order valence-electron chi connectivity index (χ0n) is 52.1. The van der Waals surface area contributed by atoms with Crippen LogP contribution in [-0.2, 0) is 27.9 Å². The second-order valence-electron chi connectivity index (χ2n) is 23.6. The van der Waals surface area contributed by atoms with Gasteiger partial charge in [-0.25, -0.2) is 0 Å². The number of amides is 1. The van der Waals surface area contributed by atoms with Crippen molar-refractivity contribution in [2.75, 3.05) is 40.9 Å². The second-order valence-corrected chi connectivity index (χ2v) is 25.0. The standard InChI is InChI=1S/C68H127N2O7P/c1-7-10-13-16-19-22-25-27-29-30-31-32-33-34-35-36-37-38-39-40-41-43-46-49-52-55-58-61-68(72)77-66(59-56-53-50-47-44-24-21-18-15-12-9-3)65(64-76-78(73,74)75-63-62-70(4,5)6)69-67(71)60-57-54-51-48-45-42-28-26-23-20-17-14-11-8-2/h19,22,27,29,31-32,34-35,56,59,65-66H,7-18,20-21,23-26,28,30,33,36-55,57-58,60-64H2,1-6H3,(H-,69,71,73,74)/b22-19-,29-27-,32-31-,35-34-,59-56-. The van der Waals surface area contributed by atoms with Gasteiger partial charge in [0.25, 0.3) is 7.82 Å². The van der Waals surface area contributed by atoms with Crippen LogP contribution in [0.4, 0.5) is 0 Å². The van der Waals surface area contributed by atoms with Crippen LogP contribution in [0.15, 0.2) is 60.8 Å². The number of hydrogen-bond donors (Lipinski definition) is 1. The monoisotopic (exact) mass is 1110 g/mol. The van der Waals surface area contributed by atoms with E-state index in [-0.39, 0.29) is 31.5 Å². The second kappa shape index (κ2) is 57.9. The molecule has 0 bridgehead atoms. The molecule has 3 atom stereocenters. The van der Waals surface area contributed by atoms with Gasteiger partial charge in [-0.3, -0.25) is 14.2 Å². The van der Waals surface area contributed by atoms with Crippen LogP contribution in [0, 0.1) is 0 Å². The largest absolute Gasteiger partial charge is 0.756 e. The van der Waals surface area contributed by atoms with E-state index in [1.54, 1.807) is 0 Å². The molecule has 0 spiro atoms. The average Bonchev–Trinajstić information content (AvgIpc) is 3.40. The van der Waals surface area contributed by atoms with E-state index in [2.05, 4.69) is 74.7 Å². The highest BCUT2D eigenvalue weighted by molar-refractivity contribution is 7.45. The molecule has 1 amide bonds. The number of nitrogens with zero attached hydrogens (tertiary/aromatic N) is 1. The minimum Gasteiger partial charge on any atom is -0.756 e. The number of phosphoric ester groups is 1. The van der Waals surface area contributed by atoms with Crippen molar-refractivity contribution in [3.63, 3.8) is 0 Å². The molecule has 0 rings (SSSR count). The van der Waals surface area contributed by atoms with Crippen LogP contribution in [-0.4, -0.2) is 69.4 Å². The van der Waals surface area contributed by atoms with E-state index in [0.717, 1.165) is 77.0 Å². The van der Waals surface area contributed by atoms with Gasteiger partial charge < -0.3 is 28.5 Å². The number of phosphoric acid groups is 1. The third-order valence-electron chi connectivity index (χ3n) is 14.7. The summed E-state index contributed by atoms with van der Waals surface area (Å²) < 4.78 is 30.3. The molecule has 0 aromatic rings. The molecule has 1 N–H and O–H groups in total. The first-order valence-electron chi connectivity index (χ1n) is 33.1. The van der Waals surface area contributed by atoms with Crippen LogP contribution in [0.2, 0.25) is 0 Å². The maximum atomic E-state index is 13.5. The van der Waals surface area contributed by atoms with Crippen molar-refractivity contribution in [2.24, 2.45) is 0 Å². The molecule has 78 heavy (non-hydrogen) atoms. The number of likely N-dealkylation sites (N-methyl/N-ethyl adjacent to an activating group) is 1. The van der Waals surface area contributed by atoms with Crippen molar-refractivity contribution in [3.05, 3.63) is 60.8 Å². The zero-order valence-corrected chi connectivity index (χ0v) is 53.0. The van der Waals surface area contributed by atoms with Crippen LogP contribution in [0.1, 0.15) is 310 Å². The number of rotatable bonds is 60. The van der Waals surface area contributed by atoms with Gasteiger partial charge in [0, 0.05) is 12.8 Å². The summed E-state index contributed by atoms with van der Waals surface area (Å²) in [5.41, 5.74) is 0. The smallest absolute Gasteiger partial charge is 0.306 e. The van der Waals surface area contributed by atoms with E-state index < -0.39 is 20.0 Å². The van der Waals surface area contributed by atoms with E-state index in [0.29, 0.717) is 17.4 Å². The van der Waals surface area contributed by atoms with Crippen LogP contribution in [0.3, 0.4) is 0 Å². The Balaban J connectivity index is 5.02. The third kappa shape index (κ3) is 58.4. The molecule has 3 unspecified atom stereocenters. The summed E-state index contributed by atoms with van der Waals surface area (Å²) in [6.07, 6.45) is 73.3. The van der Waals surface area contributed by atoms with Crippen molar-refractivity contribution in [1.82, 2.24) is 5.32 Å². The van der Waals surface area contributed by atoms with E-state index in [9.17, 15) is 19.0 Å². The van der Waals surface area contributed by atoms with Gasteiger partial charge in [0.15, 0.2) is 0 Å². The quantitative estimate of drug-likeness (QED) is 0.0212. The summed E-state index contributed by atoms with van der Waals surface area (Å²) in [5.74, 6) is -0.535. The number of carbonyl (C=O) groups excluding carboxylic acids is 2. The van der Waals surface area contributed by atoms with Gasteiger partial charge in [-0.15, -0.1) is 0 Å². The van der Waals surface area contributed by atoms with Gasteiger partial charge in [0.2, 0.25) is 5.91 Å². The predicted octanol–water partition coefficient (Wildman–Crippen LogP) is 20.0. The van der Waals surface area contributed by atoms with Gasteiger partial charge in [0.1, 0.15) is 19.3 Å². The summed E-state index contributed by atoms with van der Waals surface area (Å²) in [6.45, 7) is 6.83. The fraction of sp³-hybridized carbons (Fsp3) is 0.824. The summed E-state index contributed by atoms with van der Waals surface area (Å²) >= 11 is 0. The molecule has 0 aromatic carbocycles. The molecule has 0 saturated heterocycles. The minimum atomic E-state index is -4.70. The van der Waals surface area contributed by atoms with E-state index >= 15 is 0 Å². The minimum absolute atomic E-state index is 0.0221. The molecule has 10 heteroatoms. The Morgan fingerprint density at radius 1 is 0.449 bits per heavy atom. The summed E-state index contributed by atoms with van der Waals surface area (Å²) in [6, 6.07) is -0.887. The Morgan fingerprint density at radius 3 is 1.19 bits per heavy atom. The number of nitrogens with one attached hydrogen (secondary N) is 1. The SMILES string of the molecule is CCCCC/C=C\C/C=C\C/C=C\C/C=C\CCCCCCCCCCCCCC(=O)OC(/C=C\CCCCCCCCCCC)C(COP(=O)([O-])OCC[N+](C)(C)C)NC(=O)CCCCCCCCCCCCCCCC. The topological polar surface area (TPSA) is 114 Å². The van der Waals surface area contributed by atoms with Crippen molar-refractivity contribution in [2.45, 2.75) is 322 Å². The molecule has 0 radical (unpaired) electrons. The third-order valence-corrected chi connectivity index (χ3v) is 15.7. The lowest BCUT2D eigenvalue weighted by Crippen LogP contribution is -2.47. The zero-order chi connectivity index (χ0) is 57.2. The number of unbranched alkanes of at least 4 members (excludes halogenated alkanes) is 36. The Morgan fingerprint density at radius 2 is 0.782 bits per heavy atom. The highest BCUT2D eigenvalue weighted by Crippen LogP contribution is 2.38. The summed E-state index contributed by atoms with van der Waals surface area (Å²) in [7, 11) is 1.19. The Labute approximate surface area is 483 Å². The van der Waals surface area contributed by atoms with Crippen molar-refractivity contribution in [3.8, 4) is 0 Å². The van der Waals surface area contributed by atoms with Crippen molar-refractivity contribution >= 4 is 19.7 Å². The normalized spacial score (nSPS) is 14.0. The van der Waals surface area contributed by atoms with Crippen LogP contribution in [0.25, 0.3) is 0 Å². The molecule has 0 aliphatic rings. The molecular weight excluding hydrogens is 988 g/mol. The maximum Gasteiger partial charge on any atom is 0.306 e. The van der Waals surface area contributed by atoms with Gasteiger partial charge in [-0.05, 0) is 76.7 Å². The number of ether oxygens (including phenoxy) is 1. The predicted molar refractivity (Wildman–Crippen MR) is 335 cm³/mol. The number of allylic oxidation sites excluding steroid dienone is 9. The first kappa shape index (κ1) is 75.7. The average molecular weight is 1120 g/mol. The molecule has 0 heterocycles. The molecule has 9 nitrogen and oxygen atoms in total. The molecule has 0 fully saturated rings. The molecule has 0 aromatic heterocycles. The fourth-order valence-corrected chi connectivity index (χ4v) is 10.3. The van der Waals surface area contributed by atoms with Crippen LogP contribution in [0.5, 0.6) is 0 Å². The van der Waals surface area contributed by atoms with Gasteiger partial charge in [-0.2, -0.15) is 0 Å². The van der Waals surface area contributed by atoms with E-state index in [1.165, 1.54) is 199 Å². The molecule has 0 saturated carbocycles. The lowest BCUT2D eigenvalue weighted by Gasteiger charge is -2.30. The molecule has 0 aliphatic carbocycles. The van der Waals surface area contributed by atoms with E-state index in [1.807, 2.05) is 33.3 Å². The van der Waals surface area contributed by atoms with Gasteiger partial charge >= 0.3 is 5.97 Å².